The number of ether oxygens (including phenoxy) is 1. The van der Waals surface area contributed by atoms with Crippen LogP contribution >= 0.6 is 11.6 Å². The lowest BCUT2D eigenvalue weighted by molar-refractivity contribution is -0.136. The van der Waals surface area contributed by atoms with E-state index in [9.17, 15) is 13.6 Å². The van der Waals surface area contributed by atoms with Gasteiger partial charge in [0.15, 0.2) is 0 Å². The fraction of sp³-hybridized carbons (Fsp3) is 0.333. The third-order valence-corrected chi connectivity index (χ3v) is 2.08. The van der Waals surface area contributed by atoms with Crippen molar-refractivity contribution in [1.29, 1.82) is 0 Å². The van der Waals surface area contributed by atoms with E-state index in [0.717, 1.165) is 13.2 Å². The maximum absolute atomic E-state index is 12.5. The molecule has 1 aromatic heterocycles. The van der Waals surface area contributed by atoms with Crippen LogP contribution < -0.4 is 4.74 Å². The molecule has 0 aromatic carbocycles. The quantitative estimate of drug-likeness (QED) is 0.892. The number of rotatable bonds is 4. The molecule has 0 aliphatic rings. The molecule has 0 aliphatic carbocycles. The molecule has 0 saturated carbocycles. The van der Waals surface area contributed by atoms with Crippen molar-refractivity contribution in [3.05, 3.63) is 22.3 Å². The monoisotopic (exact) mass is 251 g/mol. The van der Waals surface area contributed by atoms with Crippen LogP contribution in [0.4, 0.5) is 8.78 Å². The van der Waals surface area contributed by atoms with Crippen LogP contribution in [0.15, 0.2) is 6.07 Å². The molecule has 0 saturated heterocycles. The van der Waals surface area contributed by atoms with Gasteiger partial charge in [0.05, 0.1) is 29.8 Å². The molecule has 0 atom stereocenters. The Kier molecular flexibility index (Phi) is 4.00. The lowest BCUT2D eigenvalue weighted by atomic mass is 10.2. The fourth-order valence-corrected chi connectivity index (χ4v) is 1.44. The van der Waals surface area contributed by atoms with Crippen LogP contribution in [-0.4, -0.2) is 23.2 Å². The molecule has 88 valence electrons. The Morgan fingerprint density at radius 3 is 2.75 bits per heavy atom. The zero-order valence-electron chi connectivity index (χ0n) is 8.21. The highest BCUT2D eigenvalue weighted by Gasteiger charge is 2.21. The number of methoxy groups -OCH3 is 1. The van der Waals surface area contributed by atoms with Gasteiger partial charge in [0, 0.05) is 0 Å². The molecular formula is C9H8ClF2NO3. The Morgan fingerprint density at radius 2 is 2.31 bits per heavy atom. The Bertz CT molecular complexity index is 412. The predicted octanol–water partition coefficient (Wildman–Crippen LogP) is 2.31. The minimum atomic E-state index is -2.83. The molecule has 1 N–H and O–H groups in total. The van der Waals surface area contributed by atoms with E-state index in [4.69, 9.17) is 16.7 Å². The first-order valence-corrected chi connectivity index (χ1v) is 4.56. The number of pyridine rings is 1. The average Bonchev–Trinajstić information content (AvgIpc) is 2.14. The fourth-order valence-electron chi connectivity index (χ4n) is 1.15. The Hall–Kier alpha value is -1.43. The summed E-state index contributed by atoms with van der Waals surface area (Å²) in [5.74, 6) is -1.48. The third kappa shape index (κ3) is 2.79. The topological polar surface area (TPSA) is 59.4 Å². The van der Waals surface area contributed by atoms with Gasteiger partial charge in [-0.05, 0) is 6.07 Å². The summed E-state index contributed by atoms with van der Waals surface area (Å²) in [4.78, 5) is 14.1. The van der Waals surface area contributed by atoms with Crippen LogP contribution in [0, 0.1) is 0 Å². The minimum Gasteiger partial charge on any atom is -0.481 e. The highest BCUT2D eigenvalue weighted by atomic mass is 35.5. The van der Waals surface area contributed by atoms with E-state index in [2.05, 4.69) is 9.72 Å². The number of nitrogens with zero attached hydrogens (tertiary/aromatic N) is 1. The Labute approximate surface area is 94.8 Å². The lowest BCUT2D eigenvalue weighted by Gasteiger charge is -2.10. The highest BCUT2D eigenvalue weighted by Crippen LogP contribution is 2.34. The van der Waals surface area contributed by atoms with Gasteiger partial charge in [0.25, 0.3) is 6.43 Å². The molecule has 0 fully saturated rings. The lowest BCUT2D eigenvalue weighted by Crippen LogP contribution is -2.05. The second-order valence-electron chi connectivity index (χ2n) is 2.89. The zero-order valence-corrected chi connectivity index (χ0v) is 8.96. The van der Waals surface area contributed by atoms with Gasteiger partial charge in [0.1, 0.15) is 0 Å². The molecule has 7 heteroatoms. The van der Waals surface area contributed by atoms with Crippen molar-refractivity contribution in [3.8, 4) is 5.88 Å². The van der Waals surface area contributed by atoms with Crippen molar-refractivity contribution >= 4 is 17.6 Å². The summed E-state index contributed by atoms with van der Waals surface area (Å²) < 4.78 is 29.7. The van der Waals surface area contributed by atoms with Gasteiger partial charge in [-0.15, -0.1) is 0 Å². The maximum atomic E-state index is 12.5. The summed E-state index contributed by atoms with van der Waals surface area (Å²) >= 11 is 5.60. The summed E-state index contributed by atoms with van der Waals surface area (Å²) in [5.41, 5.74) is -0.461. The van der Waals surface area contributed by atoms with Gasteiger partial charge in [-0.3, -0.25) is 4.79 Å². The standard InChI is InChI=1S/C9H8ClF2NO3/c1-16-9-7(8(11)12)5(10)2-4(13-9)3-6(14)15/h2,8H,3H2,1H3,(H,14,15). The van der Waals surface area contributed by atoms with Gasteiger partial charge < -0.3 is 9.84 Å². The summed E-state index contributed by atoms with van der Waals surface area (Å²) in [5, 5.41) is 8.28. The number of carboxylic acid groups (broad SMARTS) is 1. The van der Waals surface area contributed by atoms with Crippen molar-refractivity contribution in [3.63, 3.8) is 0 Å². The largest absolute Gasteiger partial charge is 0.481 e. The van der Waals surface area contributed by atoms with Crippen LogP contribution in [0.3, 0.4) is 0 Å². The Morgan fingerprint density at radius 1 is 1.69 bits per heavy atom. The molecule has 16 heavy (non-hydrogen) atoms. The second-order valence-corrected chi connectivity index (χ2v) is 3.30. The summed E-state index contributed by atoms with van der Waals surface area (Å²) in [6.45, 7) is 0. The van der Waals surface area contributed by atoms with E-state index in [0.29, 0.717) is 0 Å². The van der Waals surface area contributed by atoms with E-state index in [-0.39, 0.29) is 16.6 Å². The van der Waals surface area contributed by atoms with Crippen LogP contribution in [-0.2, 0) is 11.2 Å². The van der Waals surface area contributed by atoms with Crippen molar-refractivity contribution in [2.75, 3.05) is 7.11 Å². The molecule has 0 unspecified atom stereocenters. The first-order chi connectivity index (χ1) is 7.45. The van der Waals surface area contributed by atoms with E-state index >= 15 is 0 Å². The van der Waals surface area contributed by atoms with Gasteiger partial charge in [-0.2, -0.15) is 0 Å². The van der Waals surface area contributed by atoms with Crippen molar-refractivity contribution in [2.45, 2.75) is 12.8 Å². The summed E-state index contributed by atoms with van der Waals surface area (Å²) in [7, 11) is 1.16. The van der Waals surface area contributed by atoms with Crippen LogP contribution in [0.1, 0.15) is 17.7 Å². The minimum absolute atomic E-state index is 0.0683. The summed E-state index contributed by atoms with van der Waals surface area (Å²) in [6, 6.07) is 1.10. The van der Waals surface area contributed by atoms with E-state index in [1.165, 1.54) is 0 Å². The number of aromatic nitrogens is 1. The van der Waals surface area contributed by atoms with E-state index in [1.54, 1.807) is 0 Å². The molecule has 1 rings (SSSR count). The first kappa shape index (κ1) is 12.6. The number of hydrogen-bond acceptors (Lipinski definition) is 3. The molecule has 1 aromatic rings. The van der Waals surface area contributed by atoms with Gasteiger partial charge in [-0.1, -0.05) is 11.6 Å². The SMILES string of the molecule is COc1nc(CC(=O)O)cc(Cl)c1C(F)F. The van der Waals surface area contributed by atoms with Gasteiger partial charge in [-0.25, -0.2) is 13.8 Å². The number of aliphatic carboxylic acids is 1. The zero-order chi connectivity index (χ0) is 12.3. The first-order valence-electron chi connectivity index (χ1n) is 4.19. The maximum Gasteiger partial charge on any atom is 0.309 e. The molecule has 1 heterocycles. The second kappa shape index (κ2) is 5.07. The van der Waals surface area contributed by atoms with E-state index < -0.39 is 24.4 Å². The molecule has 0 spiro atoms. The molecule has 0 radical (unpaired) electrons. The van der Waals surface area contributed by atoms with Crippen LogP contribution in [0.2, 0.25) is 5.02 Å². The number of carbonyl (C=O) groups is 1. The van der Waals surface area contributed by atoms with Crippen molar-refractivity contribution in [2.24, 2.45) is 0 Å². The van der Waals surface area contributed by atoms with Gasteiger partial charge in [0.2, 0.25) is 5.88 Å². The molecule has 0 amide bonds. The molecule has 0 bridgehead atoms. The Balaban J connectivity index is 3.20. The molecular weight excluding hydrogens is 244 g/mol. The smallest absolute Gasteiger partial charge is 0.309 e. The van der Waals surface area contributed by atoms with Gasteiger partial charge >= 0.3 is 5.97 Å². The van der Waals surface area contributed by atoms with Crippen molar-refractivity contribution in [1.82, 2.24) is 4.98 Å². The average molecular weight is 252 g/mol. The highest BCUT2D eigenvalue weighted by molar-refractivity contribution is 6.31. The normalized spacial score (nSPS) is 10.6. The number of carboxylic acids is 1. The van der Waals surface area contributed by atoms with Crippen molar-refractivity contribution < 1.29 is 23.4 Å². The molecule has 4 nitrogen and oxygen atoms in total. The third-order valence-electron chi connectivity index (χ3n) is 1.77. The molecule has 0 aliphatic heterocycles. The predicted molar refractivity (Wildman–Crippen MR) is 52.1 cm³/mol. The summed E-state index contributed by atoms with van der Waals surface area (Å²) in [6.07, 6.45) is -3.23. The number of halogens is 3. The number of alkyl halides is 2. The number of hydrogen-bond donors (Lipinski definition) is 1. The van der Waals surface area contributed by atoms with Crippen LogP contribution in [0.5, 0.6) is 5.88 Å². The van der Waals surface area contributed by atoms with E-state index in [1.807, 2.05) is 0 Å². The van der Waals surface area contributed by atoms with Crippen LogP contribution in [0.25, 0.3) is 0 Å².